The van der Waals surface area contributed by atoms with E-state index in [-0.39, 0.29) is 35.5 Å². The number of aromatic nitrogens is 1. The molecule has 2 heterocycles. The van der Waals surface area contributed by atoms with Crippen LogP contribution in [0.3, 0.4) is 0 Å². The highest BCUT2D eigenvalue weighted by atomic mass is 19.1. The number of aromatic amines is 1. The molecule has 1 aliphatic carbocycles. The summed E-state index contributed by atoms with van der Waals surface area (Å²) in [4.78, 5) is 57.2. The minimum absolute atomic E-state index is 0.00950. The number of methoxy groups -OCH3 is 1. The van der Waals surface area contributed by atoms with E-state index in [4.69, 9.17) is 15.3 Å². The lowest BCUT2D eigenvalue weighted by Crippen LogP contribution is -2.45. The Bertz CT molecular complexity index is 2200. The number of H-pyrrole nitrogens is 1. The minimum Gasteiger partial charge on any atom is -0.497 e. The number of primary amides is 1. The van der Waals surface area contributed by atoms with Crippen LogP contribution in [0.25, 0.3) is 22.2 Å². The van der Waals surface area contributed by atoms with Gasteiger partial charge in [-0.15, -0.1) is 0 Å². The summed E-state index contributed by atoms with van der Waals surface area (Å²) in [5.74, 6) is 0.812. The topological polar surface area (TPSA) is 156 Å². The fourth-order valence-corrected chi connectivity index (χ4v) is 6.56. The molecule has 3 amide bonds. The van der Waals surface area contributed by atoms with Crippen molar-refractivity contribution < 1.29 is 28.3 Å². The number of nitrogens with one attached hydrogen (secondary N) is 3. The molecule has 304 valence electrons. The van der Waals surface area contributed by atoms with Crippen LogP contribution in [-0.4, -0.2) is 53.8 Å². The number of para-hydroxylation sites is 1. The van der Waals surface area contributed by atoms with Crippen LogP contribution in [-0.2, 0) is 14.4 Å². The number of rotatable bonds is 14. The van der Waals surface area contributed by atoms with Gasteiger partial charge in [0.15, 0.2) is 11.2 Å². The zero-order valence-corrected chi connectivity index (χ0v) is 33.0. The number of allylic oxidation sites excluding steroid dienone is 2. The highest BCUT2D eigenvalue weighted by molar-refractivity contribution is 5.89. The summed E-state index contributed by atoms with van der Waals surface area (Å²) in [5, 5.41) is 3.51. The second-order valence-electron chi connectivity index (χ2n) is 14.1. The molecule has 1 aliphatic heterocycles. The lowest BCUT2D eigenvalue weighted by atomic mass is 10.1. The summed E-state index contributed by atoms with van der Waals surface area (Å²) >= 11 is 0. The fourth-order valence-electron chi connectivity index (χ4n) is 6.56. The number of anilines is 1. The summed E-state index contributed by atoms with van der Waals surface area (Å²) < 4.78 is 18.1. The number of hydrogen-bond donors (Lipinski definition) is 4. The van der Waals surface area contributed by atoms with Gasteiger partial charge in [0.25, 0.3) is 5.91 Å². The van der Waals surface area contributed by atoms with Crippen LogP contribution >= 0.6 is 0 Å². The lowest BCUT2D eigenvalue weighted by molar-refractivity contribution is -0.135. The zero-order valence-electron chi connectivity index (χ0n) is 33.0. The zero-order chi connectivity index (χ0) is 41.3. The summed E-state index contributed by atoms with van der Waals surface area (Å²) in [7, 11) is 1.61. The Morgan fingerprint density at radius 3 is 2.40 bits per heavy atom. The van der Waals surface area contributed by atoms with Crippen molar-refractivity contribution in [1.29, 1.82) is 0 Å². The average Bonchev–Trinajstić information content (AvgIpc) is 3.85. The number of carbonyl (C=O) groups excluding carboxylic acids is 3. The molecule has 11 nitrogen and oxygen atoms in total. The number of amides is 3. The summed E-state index contributed by atoms with van der Waals surface area (Å²) in [6, 6.07) is 31.5. The molecule has 1 aromatic heterocycles. The Hall–Kier alpha value is -6.43. The van der Waals surface area contributed by atoms with E-state index in [0.29, 0.717) is 35.7 Å². The summed E-state index contributed by atoms with van der Waals surface area (Å²) in [6.45, 7) is 2.77. The van der Waals surface area contributed by atoms with Crippen molar-refractivity contribution in [1.82, 2.24) is 15.4 Å². The Balaban J connectivity index is 0.000000166. The SMILES string of the molecule is CCCCC/C=C\C1CC1C(=O)NOc1ccccc1.COc1ccc2c(=O)cc(-c3ccccc3)[nH]c2c1.NC(=O)C1CCCN1C(=O)CNc1cccc(F)c1. The minimum atomic E-state index is -0.512. The molecule has 7 rings (SSSR count). The Morgan fingerprint density at radius 2 is 1.69 bits per heavy atom. The molecule has 0 radical (unpaired) electrons. The van der Waals surface area contributed by atoms with Crippen LogP contribution in [0.4, 0.5) is 10.1 Å². The maximum atomic E-state index is 13.0. The molecule has 58 heavy (non-hydrogen) atoms. The van der Waals surface area contributed by atoms with Crippen LogP contribution in [0.5, 0.6) is 11.5 Å². The fraction of sp³-hybridized carbons (Fsp3) is 0.304. The van der Waals surface area contributed by atoms with Gasteiger partial charge in [-0.1, -0.05) is 86.5 Å². The molecule has 3 atom stereocenters. The van der Waals surface area contributed by atoms with Gasteiger partial charge < -0.3 is 30.5 Å². The highest BCUT2D eigenvalue weighted by Gasteiger charge is 2.41. The number of ether oxygens (including phenoxy) is 1. The Kier molecular flexibility index (Phi) is 16.0. The van der Waals surface area contributed by atoms with Crippen molar-refractivity contribution in [3.8, 4) is 22.8 Å². The highest BCUT2D eigenvalue weighted by Crippen LogP contribution is 2.40. The van der Waals surface area contributed by atoms with Crippen molar-refractivity contribution in [2.24, 2.45) is 17.6 Å². The van der Waals surface area contributed by atoms with E-state index >= 15 is 0 Å². The molecule has 12 heteroatoms. The predicted octanol–water partition coefficient (Wildman–Crippen LogP) is 7.79. The van der Waals surface area contributed by atoms with Crippen molar-refractivity contribution in [2.75, 3.05) is 25.5 Å². The molecule has 0 spiro atoms. The molecule has 2 aliphatic rings. The molecule has 2 fully saturated rings. The van der Waals surface area contributed by atoms with Crippen molar-refractivity contribution >= 4 is 34.3 Å². The van der Waals surface area contributed by atoms with E-state index < -0.39 is 11.9 Å². The third-order valence-corrected chi connectivity index (χ3v) is 9.84. The van der Waals surface area contributed by atoms with Crippen molar-refractivity contribution in [3.05, 3.63) is 137 Å². The van der Waals surface area contributed by atoms with Crippen LogP contribution in [0.2, 0.25) is 0 Å². The first kappa shape index (κ1) is 42.7. The van der Waals surface area contributed by atoms with Gasteiger partial charge in [-0.05, 0) is 86.1 Å². The second kappa shape index (κ2) is 21.8. The average molecular weight is 790 g/mol. The van der Waals surface area contributed by atoms with E-state index in [9.17, 15) is 23.6 Å². The van der Waals surface area contributed by atoms with E-state index in [2.05, 4.69) is 34.9 Å². The van der Waals surface area contributed by atoms with Crippen LogP contribution in [0.1, 0.15) is 51.9 Å². The van der Waals surface area contributed by atoms with E-state index in [0.717, 1.165) is 41.8 Å². The number of halogens is 1. The van der Waals surface area contributed by atoms with Gasteiger partial charge in [-0.25, -0.2) is 4.39 Å². The molecular weight excluding hydrogens is 738 g/mol. The molecule has 1 saturated heterocycles. The molecule has 4 aromatic carbocycles. The molecule has 3 unspecified atom stereocenters. The number of pyridine rings is 1. The first-order chi connectivity index (χ1) is 28.2. The third-order valence-electron chi connectivity index (χ3n) is 9.84. The van der Waals surface area contributed by atoms with Crippen LogP contribution in [0, 0.1) is 17.7 Å². The standard InChI is InChI=1S/C17H23NO2.C16H13NO2.C13H16FN3O2/c1-2-3-4-5-7-10-14-13-16(14)17(19)18-20-15-11-8-6-9-12-15;1-19-12-7-8-13-15(9-12)17-14(10-16(13)18)11-5-3-2-4-6-11;14-9-3-1-4-10(7-9)16-8-12(18)17-6-2-5-11(17)13(15)19/h6-12,14,16H,2-5,13H2,1H3,(H,18,19);2-10H,1H3,(H,17,18);1,3-4,7,11,16H,2,5-6,8H2,(H2,15,19)/b10-7-;;. The first-order valence-corrected chi connectivity index (χ1v) is 19.7. The van der Waals surface area contributed by atoms with Gasteiger partial charge in [0.1, 0.15) is 17.6 Å². The number of benzene rings is 4. The number of carbonyl (C=O) groups is 3. The Labute approximate surface area is 338 Å². The third kappa shape index (κ3) is 12.8. The van der Waals surface area contributed by atoms with Gasteiger partial charge in [-0.3, -0.25) is 19.2 Å². The lowest BCUT2D eigenvalue weighted by Gasteiger charge is -2.22. The predicted molar refractivity (Wildman–Crippen MR) is 225 cm³/mol. The van der Waals surface area contributed by atoms with Crippen LogP contribution < -0.4 is 31.5 Å². The molecule has 1 saturated carbocycles. The van der Waals surface area contributed by atoms with Gasteiger partial charge in [-0.2, -0.15) is 5.48 Å². The van der Waals surface area contributed by atoms with Gasteiger partial charge in [0.2, 0.25) is 11.8 Å². The van der Waals surface area contributed by atoms with E-state index in [1.54, 1.807) is 37.4 Å². The van der Waals surface area contributed by atoms with Gasteiger partial charge >= 0.3 is 0 Å². The first-order valence-electron chi connectivity index (χ1n) is 19.7. The van der Waals surface area contributed by atoms with Gasteiger partial charge in [0, 0.05) is 41.4 Å². The normalized spacial score (nSPS) is 16.7. The summed E-state index contributed by atoms with van der Waals surface area (Å²) in [5.41, 5.74) is 10.9. The van der Waals surface area contributed by atoms with E-state index in [1.165, 1.54) is 36.3 Å². The van der Waals surface area contributed by atoms with Crippen molar-refractivity contribution in [3.63, 3.8) is 0 Å². The number of fused-ring (bicyclic) bond motifs is 1. The number of unbranched alkanes of at least 4 members (excludes halogenated alkanes) is 3. The molecular formula is C46H52FN5O6. The number of likely N-dealkylation sites (tertiary alicyclic amines) is 1. The largest absolute Gasteiger partial charge is 0.497 e. The summed E-state index contributed by atoms with van der Waals surface area (Å²) in [6.07, 6.45) is 11.6. The molecule has 5 aromatic rings. The van der Waals surface area contributed by atoms with E-state index in [1.807, 2.05) is 66.7 Å². The number of hydrogen-bond acceptors (Lipinski definition) is 7. The molecule has 0 bridgehead atoms. The maximum Gasteiger partial charge on any atom is 0.256 e. The number of hydroxylamine groups is 1. The van der Waals surface area contributed by atoms with Gasteiger partial charge in [0.05, 0.1) is 19.2 Å². The van der Waals surface area contributed by atoms with Crippen LogP contribution in [0.15, 0.2) is 126 Å². The number of nitrogens with zero attached hydrogens (tertiary/aromatic N) is 1. The number of nitrogens with two attached hydrogens (primary N) is 1. The maximum absolute atomic E-state index is 13.0. The van der Waals surface area contributed by atoms with Crippen molar-refractivity contribution in [2.45, 2.75) is 57.9 Å². The smallest absolute Gasteiger partial charge is 0.256 e. The second-order valence-corrected chi connectivity index (χ2v) is 14.1. The Morgan fingerprint density at radius 1 is 0.931 bits per heavy atom. The molecule has 5 N–H and O–H groups in total. The monoisotopic (exact) mass is 789 g/mol. The quantitative estimate of drug-likeness (QED) is 0.0509.